The Morgan fingerprint density at radius 1 is 0.929 bits per heavy atom. The maximum atomic E-state index is 6.21. The van der Waals surface area contributed by atoms with Gasteiger partial charge >= 0.3 is 0 Å². The zero-order valence-corrected chi connectivity index (χ0v) is 11.5. The summed E-state index contributed by atoms with van der Waals surface area (Å²) in [6.07, 6.45) is 2.14. The Hall–Kier alpha value is 0.500. The molecule has 4 heteroatoms. The molecule has 0 saturated carbocycles. The average Bonchev–Trinajstić information content (AvgIpc) is 2.14. The molecule has 0 bridgehead atoms. The summed E-state index contributed by atoms with van der Waals surface area (Å²) in [4.78, 5) is 2.40. The van der Waals surface area contributed by atoms with Crippen LogP contribution in [0.5, 0.6) is 0 Å². The second kappa shape index (κ2) is 10.0. The van der Waals surface area contributed by atoms with Crippen molar-refractivity contribution < 1.29 is 0 Å². The van der Waals surface area contributed by atoms with Gasteiger partial charge in [0.15, 0.2) is 0 Å². The summed E-state index contributed by atoms with van der Waals surface area (Å²) in [6, 6.07) is 0. The quantitative estimate of drug-likeness (QED) is 0.779. The average molecular weight is 245 g/mol. The van der Waals surface area contributed by atoms with Crippen molar-refractivity contribution in [1.82, 2.24) is 4.90 Å². The molecule has 0 amide bonds. The van der Waals surface area contributed by atoms with Gasteiger partial charge in [-0.2, -0.15) is 0 Å². The molecule has 0 saturated heterocycles. The second-order valence-electron chi connectivity index (χ2n) is 3.53. The first kappa shape index (κ1) is 20.0. The van der Waals surface area contributed by atoms with E-state index in [2.05, 4.69) is 32.6 Å². The van der Waals surface area contributed by atoms with Crippen LogP contribution in [-0.4, -0.2) is 30.1 Å². The van der Waals surface area contributed by atoms with Crippen LogP contribution in [0.25, 0.3) is 0 Å². The molecule has 0 aliphatic rings. The summed E-state index contributed by atoms with van der Waals surface area (Å²) >= 11 is 0. The van der Waals surface area contributed by atoms with Crippen LogP contribution < -0.4 is 5.73 Å². The molecule has 0 aromatic heterocycles. The summed E-state index contributed by atoms with van der Waals surface area (Å²) in [7, 11) is 0. The number of halogens is 2. The largest absolute Gasteiger partial charge is 0.324 e. The fourth-order valence-electron chi connectivity index (χ4n) is 1.37. The third kappa shape index (κ3) is 6.88. The molecular weight excluding hydrogens is 219 g/mol. The summed E-state index contributed by atoms with van der Waals surface area (Å²) in [5.74, 6) is 0. The molecule has 0 atom stereocenters. The molecule has 0 aliphatic heterocycles. The minimum atomic E-state index is 0. The van der Waals surface area contributed by atoms with Gasteiger partial charge in [-0.25, -0.2) is 0 Å². The molecular formula is C10H26Cl2N2. The van der Waals surface area contributed by atoms with Crippen LogP contribution in [0.2, 0.25) is 0 Å². The van der Waals surface area contributed by atoms with E-state index in [9.17, 15) is 0 Å². The molecule has 0 heterocycles. The van der Waals surface area contributed by atoms with Crippen molar-refractivity contribution in [3.05, 3.63) is 0 Å². The topological polar surface area (TPSA) is 29.3 Å². The van der Waals surface area contributed by atoms with Crippen molar-refractivity contribution in [1.29, 1.82) is 0 Å². The van der Waals surface area contributed by atoms with E-state index in [-0.39, 0.29) is 30.4 Å². The van der Waals surface area contributed by atoms with Crippen LogP contribution in [0.15, 0.2) is 0 Å². The highest BCUT2D eigenvalue weighted by atomic mass is 35.5. The number of nitrogens with zero attached hydrogens (tertiary/aromatic N) is 1. The van der Waals surface area contributed by atoms with Gasteiger partial charge in [0.1, 0.15) is 0 Å². The lowest BCUT2D eigenvalue weighted by Crippen LogP contribution is -2.49. The molecule has 0 aromatic carbocycles. The Morgan fingerprint density at radius 3 is 1.50 bits per heavy atom. The maximum absolute atomic E-state index is 6.21. The highest BCUT2D eigenvalue weighted by molar-refractivity contribution is 5.85. The van der Waals surface area contributed by atoms with Crippen molar-refractivity contribution in [3.63, 3.8) is 0 Å². The Labute approximate surface area is 101 Å². The Morgan fingerprint density at radius 2 is 1.29 bits per heavy atom. The molecule has 90 valence electrons. The lowest BCUT2D eigenvalue weighted by molar-refractivity contribution is 0.215. The first-order chi connectivity index (χ1) is 5.61. The van der Waals surface area contributed by atoms with E-state index >= 15 is 0 Å². The lowest BCUT2D eigenvalue weighted by Gasteiger charge is -2.32. The van der Waals surface area contributed by atoms with Gasteiger partial charge in [0, 0.05) is 12.1 Å². The minimum absolute atomic E-state index is 0. The fourth-order valence-corrected chi connectivity index (χ4v) is 1.37. The predicted molar refractivity (Wildman–Crippen MR) is 69.8 cm³/mol. The zero-order chi connectivity index (χ0) is 9.61. The first-order valence-corrected chi connectivity index (χ1v) is 5.13. The number of nitrogens with two attached hydrogens (primary N) is 1. The molecule has 2 nitrogen and oxygen atoms in total. The predicted octanol–water partition coefficient (Wildman–Crippen LogP) is 2.69. The van der Waals surface area contributed by atoms with Gasteiger partial charge in [-0.3, -0.25) is 0 Å². The van der Waals surface area contributed by atoms with E-state index in [0.717, 1.165) is 32.5 Å². The highest BCUT2D eigenvalue weighted by Crippen LogP contribution is 2.12. The van der Waals surface area contributed by atoms with Crippen LogP contribution in [0.3, 0.4) is 0 Å². The van der Waals surface area contributed by atoms with Crippen molar-refractivity contribution in [2.45, 2.75) is 46.1 Å². The second-order valence-corrected chi connectivity index (χ2v) is 3.53. The zero-order valence-electron chi connectivity index (χ0n) is 9.88. The monoisotopic (exact) mass is 244 g/mol. The molecule has 0 aromatic rings. The van der Waals surface area contributed by atoms with Gasteiger partial charge in [-0.1, -0.05) is 27.7 Å². The first-order valence-electron chi connectivity index (χ1n) is 5.13. The van der Waals surface area contributed by atoms with Gasteiger partial charge in [0.25, 0.3) is 0 Å². The Bertz CT molecular complexity index is 113. The molecule has 2 N–H and O–H groups in total. The summed E-state index contributed by atoms with van der Waals surface area (Å²) < 4.78 is 0. The summed E-state index contributed by atoms with van der Waals surface area (Å²) in [5.41, 5.74) is 6.24. The fraction of sp³-hybridized carbons (Fsp3) is 1.00. The van der Waals surface area contributed by atoms with Gasteiger partial charge in [-0.15, -0.1) is 24.8 Å². The molecule has 0 aliphatic carbocycles. The van der Waals surface area contributed by atoms with Crippen molar-refractivity contribution in [2.24, 2.45) is 5.73 Å². The lowest BCUT2D eigenvalue weighted by atomic mass is 9.93. The van der Waals surface area contributed by atoms with E-state index in [4.69, 9.17) is 5.73 Å². The standard InChI is InChI=1S/C10H24N2.2ClH/c1-5-10(11,6-2)9-12(7-3)8-4;;/h5-9,11H2,1-4H3;2*1H. The van der Waals surface area contributed by atoms with Crippen LogP contribution in [0.4, 0.5) is 0 Å². The van der Waals surface area contributed by atoms with Crippen molar-refractivity contribution >= 4 is 24.8 Å². The number of likely N-dealkylation sites (N-methyl/N-ethyl adjacent to an activating group) is 1. The van der Waals surface area contributed by atoms with Crippen molar-refractivity contribution in [3.8, 4) is 0 Å². The number of rotatable bonds is 6. The van der Waals surface area contributed by atoms with Crippen molar-refractivity contribution in [2.75, 3.05) is 19.6 Å². The summed E-state index contributed by atoms with van der Waals surface area (Å²) in [5, 5.41) is 0. The van der Waals surface area contributed by atoms with Gasteiger partial charge < -0.3 is 10.6 Å². The highest BCUT2D eigenvalue weighted by Gasteiger charge is 2.22. The molecule has 0 fully saturated rings. The summed E-state index contributed by atoms with van der Waals surface area (Å²) in [6.45, 7) is 12.0. The van der Waals surface area contributed by atoms with Gasteiger partial charge in [0.2, 0.25) is 0 Å². The smallest absolute Gasteiger partial charge is 0.0278 e. The molecule has 0 unspecified atom stereocenters. The molecule has 0 radical (unpaired) electrons. The maximum Gasteiger partial charge on any atom is 0.0278 e. The van der Waals surface area contributed by atoms with Gasteiger partial charge in [0.05, 0.1) is 0 Å². The Balaban J connectivity index is -0.000000605. The van der Waals surface area contributed by atoms with E-state index in [0.29, 0.717) is 0 Å². The van der Waals surface area contributed by atoms with E-state index in [1.165, 1.54) is 0 Å². The molecule has 0 rings (SSSR count). The molecule has 0 spiro atoms. The van der Waals surface area contributed by atoms with E-state index in [1.54, 1.807) is 0 Å². The third-order valence-electron chi connectivity index (χ3n) is 2.84. The normalized spacial score (nSPS) is 10.7. The number of hydrogen-bond donors (Lipinski definition) is 1. The number of hydrogen-bond acceptors (Lipinski definition) is 2. The van der Waals surface area contributed by atoms with Gasteiger partial charge in [-0.05, 0) is 25.9 Å². The van der Waals surface area contributed by atoms with Crippen LogP contribution in [-0.2, 0) is 0 Å². The minimum Gasteiger partial charge on any atom is -0.324 e. The molecule has 14 heavy (non-hydrogen) atoms. The van der Waals surface area contributed by atoms with Crippen LogP contribution in [0, 0.1) is 0 Å². The van der Waals surface area contributed by atoms with E-state index in [1.807, 2.05) is 0 Å². The Kier molecular flexibility index (Phi) is 14.3. The van der Waals surface area contributed by atoms with E-state index < -0.39 is 0 Å². The third-order valence-corrected chi connectivity index (χ3v) is 2.84. The van der Waals surface area contributed by atoms with Crippen LogP contribution >= 0.6 is 24.8 Å². The SMILES string of the molecule is CCN(CC)CC(N)(CC)CC.Cl.Cl. The van der Waals surface area contributed by atoms with Crippen LogP contribution in [0.1, 0.15) is 40.5 Å².